The molecule has 0 bridgehead atoms. The Hall–Kier alpha value is -1.24. The summed E-state index contributed by atoms with van der Waals surface area (Å²) >= 11 is 3.43. The summed E-state index contributed by atoms with van der Waals surface area (Å²) in [6.45, 7) is 4.18. The van der Waals surface area contributed by atoms with E-state index in [4.69, 9.17) is 5.11 Å². The zero-order chi connectivity index (χ0) is 15.4. The minimum Gasteiger partial charge on any atom is -0.395 e. The average Bonchev–Trinajstić information content (AvgIpc) is 2.54. The SMILES string of the molecule is OCCN1CCC(CNc2ccnc3cc(Br)cnc23)CC1. The van der Waals surface area contributed by atoms with Crippen LogP contribution in [0.2, 0.25) is 0 Å². The maximum atomic E-state index is 8.99. The predicted molar refractivity (Wildman–Crippen MR) is 92.0 cm³/mol. The highest BCUT2D eigenvalue weighted by molar-refractivity contribution is 9.10. The van der Waals surface area contributed by atoms with Gasteiger partial charge in [-0.1, -0.05) is 0 Å². The minimum absolute atomic E-state index is 0.257. The molecule has 1 saturated heterocycles. The summed E-state index contributed by atoms with van der Waals surface area (Å²) in [5.74, 6) is 0.675. The molecule has 3 heterocycles. The molecule has 22 heavy (non-hydrogen) atoms. The standard InChI is InChI=1S/C16H21BrN4O/c17-13-9-15-16(20-11-13)14(1-4-18-15)19-10-12-2-5-21(6-3-12)7-8-22/h1,4,9,11-12,22H,2-3,5-8,10H2,(H,18,19). The summed E-state index contributed by atoms with van der Waals surface area (Å²) < 4.78 is 0.945. The third kappa shape index (κ3) is 3.74. The maximum absolute atomic E-state index is 8.99. The van der Waals surface area contributed by atoms with E-state index in [0.29, 0.717) is 5.92 Å². The number of aliphatic hydroxyl groups excluding tert-OH is 1. The van der Waals surface area contributed by atoms with Crippen LogP contribution in [-0.4, -0.2) is 52.8 Å². The molecule has 0 aromatic carbocycles. The number of rotatable bonds is 5. The summed E-state index contributed by atoms with van der Waals surface area (Å²) in [7, 11) is 0. The minimum atomic E-state index is 0.257. The molecule has 3 rings (SSSR count). The Kier molecular flexibility index (Phi) is 5.23. The molecule has 2 aromatic heterocycles. The molecule has 6 heteroatoms. The van der Waals surface area contributed by atoms with Crippen molar-refractivity contribution in [1.29, 1.82) is 0 Å². The Labute approximate surface area is 138 Å². The number of fused-ring (bicyclic) bond motifs is 1. The molecule has 2 aromatic rings. The van der Waals surface area contributed by atoms with Gasteiger partial charge in [0.2, 0.25) is 0 Å². The molecule has 0 aliphatic carbocycles. The topological polar surface area (TPSA) is 61.3 Å². The summed E-state index contributed by atoms with van der Waals surface area (Å²) in [5.41, 5.74) is 2.87. The van der Waals surface area contributed by atoms with E-state index in [0.717, 1.165) is 47.4 Å². The van der Waals surface area contributed by atoms with Crippen molar-refractivity contribution in [3.05, 3.63) is 29.0 Å². The van der Waals surface area contributed by atoms with Crippen molar-refractivity contribution >= 4 is 32.7 Å². The first-order valence-corrected chi connectivity index (χ1v) is 8.53. The van der Waals surface area contributed by atoms with Crippen LogP contribution in [0.25, 0.3) is 11.0 Å². The number of nitrogens with zero attached hydrogens (tertiary/aromatic N) is 3. The van der Waals surface area contributed by atoms with E-state index in [9.17, 15) is 0 Å². The Morgan fingerprint density at radius 2 is 2.14 bits per heavy atom. The number of likely N-dealkylation sites (tertiary alicyclic amines) is 1. The van der Waals surface area contributed by atoms with Gasteiger partial charge in [-0.3, -0.25) is 9.97 Å². The number of β-amino-alcohol motifs (C(OH)–C–C–N with tert-alkyl or cyclic N) is 1. The Morgan fingerprint density at radius 1 is 1.32 bits per heavy atom. The molecule has 0 spiro atoms. The van der Waals surface area contributed by atoms with Crippen LogP contribution in [0.15, 0.2) is 29.0 Å². The van der Waals surface area contributed by atoms with Crippen LogP contribution >= 0.6 is 15.9 Å². The fraction of sp³-hybridized carbons (Fsp3) is 0.500. The Balaban J connectivity index is 1.60. The van der Waals surface area contributed by atoms with Crippen LogP contribution in [-0.2, 0) is 0 Å². The first kappa shape index (κ1) is 15.6. The molecular formula is C16H21BrN4O. The van der Waals surface area contributed by atoms with Gasteiger partial charge in [0.1, 0.15) is 5.52 Å². The molecule has 0 atom stereocenters. The number of aliphatic hydroxyl groups is 1. The van der Waals surface area contributed by atoms with Gasteiger partial charge >= 0.3 is 0 Å². The zero-order valence-electron chi connectivity index (χ0n) is 12.5. The van der Waals surface area contributed by atoms with Crippen LogP contribution in [0.3, 0.4) is 0 Å². The number of hydrogen-bond acceptors (Lipinski definition) is 5. The van der Waals surface area contributed by atoms with Crippen molar-refractivity contribution in [3.63, 3.8) is 0 Å². The van der Waals surface area contributed by atoms with Gasteiger partial charge in [-0.2, -0.15) is 0 Å². The number of halogens is 1. The molecule has 1 aliphatic heterocycles. The lowest BCUT2D eigenvalue weighted by Gasteiger charge is -2.31. The highest BCUT2D eigenvalue weighted by Gasteiger charge is 2.18. The fourth-order valence-corrected chi connectivity index (χ4v) is 3.28. The highest BCUT2D eigenvalue weighted by Crippen LogP contribution is 2.23. The largest absolute Gasteiger partial charge is 0.395 e. The number of nitrogens with one attached hydrogen (secondary N) is 1. The molecule has 1 aliphatic rings. The van der Waals surface area contributed by atoms with Gasteiger partial charge in [0.05, 0.1) is 17.8 Å². The number of pyridine rings is 2. The molecule has 1 fully saturated rings. The van der Waals surface area contributed by atoms with E-state index in [1.54, 1.807) is 0 Å². The summed E-state index contributed by atoms with van der Waals surface area (Å²) in [6.07, 6.45) is 5.98. The molecule has 0 radical (unpaired) electrons. The molecular weight excluding hydrogens is 344 g/mol. The molecule has 2 N–H and O–H groups in total. The van der Waals surface area contributed by atoms with Gasteiger partial charge in [-0.15, -0.1) is 0 Å². The van der Waals surface area contributed by atoms with Crippen molar-refractivity contribution in [2.24, 2.45) is 5.92 Å². The smallest absolute Gasteiger partial charge is 0.112 e. The van der Waals surface area contributed by atoms with Gasteiger partial charge in [-0.25, -0.2) is 0 Å². The lowest BCUT2D eigenvalue weighted by molar-refractivity contribution is 0.151. The van der Waals surface area contributed by atoms with Crippen LogP contribution < -0.4 is 5.32 Å². The number of piperidine rings is 1. The lowest BCUT2D eigenvalue weighted by atomic mass is 9.96. The van der Waals surface area contributed by atoms with Crippen molar-refractivity contribution in [1.82, 2.24) is 14.9 Å². The van der Waals surface area contributed by atoms with Crippen molar-refractivity contribution < 1.29 is 5.11 Å². The van der Waals surface area contributed by atoms with Crippen LogP contribution in [0.5, 0.6) is 0 Å². The quantitative estimate of drug-likeness (QED) is 0.853. The summed E-state index contributed by atoms with van der Waals surface area (Å²) in [6, 6.07) is 3.98. The normalized spacial score (nSPS) is 17.0. The first-order valence-electron chi connectivity index (χ1n) is 7.73. The molecule has 0 saturated carbocycles. The third-order valence-electron chi connectivity index (χ3n) is 4.25. The number of aromatic nitrogens is 2. The van der Waals surface area contributed by atoms with E-state index in [-0.39, 0.29) is 6.61 Å². The summed E-state index contributed by atoms with van der Waals surface area (Å²) in [4.78, 5) is 11.2. The van der Waals surface area contributed by atoms with E-state index >= 15 is 0 Å². The Morgan fingerprint density at radius 3 is 2.91 bits per heavy atom. The van der Waals surface area contributed by atoms with Crippen LogP contribution in [0.4, 0.5) is 5.69 Å². The molecule has 5 nitrogen and oxygen atoms in total. The Bertz CT molecular complexity index is 629. The molecule has 0 unspecified atom stereocenters. The van der Waals surface area contributed by atoms with E-state index < -0.39 is 0 Å². The van der Waals surface area contributed by atoms with E-state index in [1.807, 2.05) is 24.5 Å². The predicted octanol–water partition coefficient (Wildman–Crippen LogP) is 2.51. The third-order valence-corrected chi connectivity index (χ3v) is 4.68. The number of hydrogen-bond donors (Lipinski definition) is 2. The first-order chi connectivity index (χ1) is 10.8. The van der Waals surface area contributed by atoms with E-state index in [2.05, 4.69) is 36.1 Å². The maximum Gasteiger partial charge on any atom is 0.112 e. The van der Waals surface area contributed by atoms with Crippen molar-refractivity contribution in [2.45, 2.75) is 12.8 Å². The average molecular weight is 365 g/mol. The second-order valence-electron chi connectivity index (χ2n) is 5.77. The monoisotopic (exact) mass is 364 g/mol. The van der Waals surface area contributed by atoms with Gasteiger partial charge in [0.15, 0.2) is 0 Å². The van der Waals surface area contributed by atoms with Gasteiger partial charge in [0, 0.05) is 30.0 Å². The van der Waals surface area contributed by atoms with Crippen LogP contribution in [0, 0.1) is 5.92 Å². The molecule has 118 valence electrons. The second kappa shape index (κ2) is 7.35. The lowest BCUT2D eigenvalue weighted by Crippen LogP contribution is -2.37. The fourth-order valence-electron chi connectivity index (χ4n) is 2.96. The van der Waals surface area contributed by atoms with Crippen LogP contribution in [0.1, 0.15) is 12.8 Å². The van der Waals surface area contributed by atoms with Crippen molar-refractivity contribution in [3.8, 4) is 0 Å². The molecule has 0 amide bonds. The highest BCUT2D eigenvalue weighted by atomic mass is 79.9. The zero-order valence-corrected chi connectivity index (χ0v) is 14.1. The second-order valence-corrected chi connectivity index (χ2v) is 6.68. The van der Waals surface area contributed by atoms with E-state index in [1.165, 1.54) is 12.8 Å². The van der Waals surface area contributed by atoms with Gasteiger partial charge in [0.25, 0.3) is 0 Å². The van der Waals surface area contributed by atoms with Crippen molar-refractivity contribution in [2.75, 3.05) is 38.1 Å². The number of anilines is 1. The van der Waals surface area contributed by atoms with Gasteiger partial charge in [-0.05, 0) is 59.9 Å². The summed E-state index contributed by atoms with van der Waals surface area (Å²) in [5, 5.41) is 12.5. The van der Waals surface area contributed by atoms with Gasteiger partial charge < -0.3 is 15.3 Å².